The lowest BCUT2D eigenvalue weighted by Gasteiger charge is -2.13. The third kappa shape index (κ3) is 5.00. The summed E-state index contributed by atoms with van der Waals surface area (Å²) in [6, 6.07) is 26.0. The molecule has 0 bridgehead atoms. The lowest BCUT2D eigenvalue weighted by atomic mass is 10.1. The van der Waals surface area contributed by atoms with Crippen LogP contribution in [-0.4, -0.2) is 40.3 Å². The molecule has 0 unspecified atom stereocenters. The highest BCUT2D eigenvalue weighted by Crippen LogP contribution is 2.41. The van der Waals surface area contributed by atoms with Gasteiger partial charge in [0.15, 0.2) is 5.17 Å². The van der Waals surface area contributed by atoms with Crippen LogP contribution in [0, 0.1) is 0 Å². The van der Waals surface area contributed by atoms with Gasteiger partial charge in [-0.1, -0.05) is 36.4 Å². The van der Waals surface area contributed by atoms with E-state index in [0.717, 1.165) is 51.7 Å². The fourth-order valence-electron chi connectivity index (χ4n) is 4.48. The lowest BCUT2D eigenvalue weighted by molar-refractivity contribution is -0.122. The topological polar surface area (TPSA) is 56.1 Å². The molecule has 0 atom stereocenters. The lowest BCUT2D eigenvalue weighted by Crippen LogP contribution is -2.31. The van der Waals surface area contributed by atoms with Gasteiger partial charge in [-0.3, -0.25) is 9.69 Å². The fourth-order valence-corrected chi connectivity index (χ4v) is 5.53. The molecule has 186 valence electrons. The summed E-state index contributed by atoms with van der Waals surface area (Å²) in [5.74, 6) is 1.65. The molecule has 1 saturated carbocycles. The van der Waals surface area contributed by atoms with Crippen molar-refractivity contribution in [1.82, 2.24) is 9.47 Å². The number of hydrogen-bond donors (Lipinski definition) is 0. The second kappa shape index (κ2) is 10.2. The smallest absolute Gasteiger partial charge is 0.267 e. The van der Waals surface area contributed by atoms with Crippen molar-refractivity contribution >= 4 is 45.5 Å². The first-order chi connectivity index (χ1) is 18.2. The summed E-state index contributed by atoms with van der Waals surface area (Å²) in [7, 11) is 1.65. The maximum atomic E-state index is 13.4. The van der Waals surface area contributed by atoms with E-state index in [4.69, 9.17) is 14.5 Å². The Labute approximate surface area is 220 Å². The molecule has 1 aliphatic heterocycles. The Balaban J connectivity index is 1.25. The van der Waals surface area contributed by atoms with Crippen LogP contribution in [0.1, 0.15) is 18.4 Å². The van der Waals surface area contributed by atoms with E-state index in [1.165, 1.54) is 11.8 Å². The van der Waals surface area contributed by atoms with Crippen LogP contribution >= 0.6 is 11.8 Å². The number of amides is 1. The van der Waals surface area contributed by atoms with Crippen molar-refractivity contribution in [3.05, 3.63) is 95.5 Å². The number of para-hydroxylation sites is 2. The highest BCUT2D eigenvalue weighted by Gasteiger charge is 2.43. The summed E-state index contributed by atoms with van der Waals surface area (Å²) >= 11 is 1.46. The minimum atomic E-state index is 0.0434. The van der Waals surface area contributed by atoms with Crippen LogP contribution in [0.15, 0.2) is 95.0 Å². The summed E-state index contributed by atoms with van der Waals surface area (Å²) in [6.07, 6.45) is 6.18. The Morgan fingerprint density at radius 3 is 2.46 bits per heavy atom. The van der Waals surface area contributed by atoms with Gasteiger partial charge < -0.3 is 14.0 Å². The molecule has 1 saturated heterocycles. The summed E-state index contributed by atoms with van der Waals surface area (Å²) in [4.78, 5) is 20.8. The Hall–Kier alpha value is -3.97. The van der Waals surface area contributed by atoms with Crippen LogP contribution in [0.25, 0.3) is 17.0 Å². The van der Waals surface area contributed by atoms with Gasteiger partial charge in [0, 0.05) is 28.7 Å². The van der Waals surface area contributed by atoms with E-state index in [1.54, 1.807) is 7.11 Å². The molecule has 7 heteroatoms. The maximum absolute atomic E-state index is 13.4. The van der Waals surface area contributed by atoms with E-state index in [-0.39, 0.29) is 11.9 Å². The third-order valence-corrected chi connectivity index (χ3v) is 7.48. The predicted molar refractivity (Wildman–Crippen MR) is 149 cm³/mol. The van der Waals surface area contributed by atoms with Crippen molar-refractivity contribution in [2.24, 2.45) is 4.99 Å². The molecular weight excluding hydrogens is 482 g/mol. The van der Waals surface area contributed by atoms with Crippen molar-refractivity contribution < 1.29 is 14.3 Å². The van der Waals surface area contributed by atoms with Crippen LogP contribution < -0.4 is 9.47 Å². The first-order valence-electron chi connectivity index (χ1n) is 12.4. The molecule has 3 aromatic carbocycles. The van der Waals surface area contributed by atoms with E-state index in [1.807, 2.05) is 77.7 Å². The standard InChI is InChI=1S/C30H27N3O3S/c1-35-24-13-15-25(16-14-24)36-18-17-32-20-21(26-9-5-6-10-27(26)32)19-28-29(34)33(23-11-12-23)30(37-28)31-22-7-3-2-4-8-22/h2-10,13-16,19-20,23H,11-12,17-18H2,1H3/b28-19-,31-30?. The van der Waals surface area contributed by atoms with Gasteiger partial charge in [-0.2, -0.15) is 0 Å². The number of ether oxygens (including phenoxy) is 2. The van der Waals surface area contributed by atoms with Crippen LogP contribution in [0.4, 0.5) is 5.69 Å². The van der Waals surface area contributed by atoms with E-state index < -0.39 is 0 Å². The third-order valence-electron chi connectivity index (χ3n) is 6.50. The number of hydrogen-bond acceptors (Lipinski definition) is 5. The number of aliphatic imine (C=N–C) groups is 1. The van der Waals surface area contributed by atoms with Crippen LogP contribution in [0.5, 0.6) is 11.5 Å². The number of methoxy groups -OCH3 is 1. The SMILES string of the molecule is COc1ccc(OCCn2cc(/C=C3\SC(=Nc4ccccc4)N(C4CC4)C3=O)c3ccccc32)cc1. The van der Waals surface area contributed by atoms with Crippen LogP contribution in [0.3, 0.4) is 0 Å². The molecule has 1 aliphatic carbocycles. The molecule has 0 spiro atoms. The number of thioether (sulfide) groups is 1. The summed E-state index contributed by atoms with van der Waals surface area (Å²) in [5.41, 5.74) is 2.99. The van der Waals surface area contributed by atoms with Crippen LogP contribution in [0.2, 0.25) is 0 Å². The molecule has 1 amide bonds. The average Bonchev–Trinajstić information content (AvgIpc) is 3.65. The second-order valence-electron chi connectivity index (χ2n) is 9.07. The normalized spacial score (nSPS) is 17.8. The highest BCUT2D eigenvalue weighted by atomic mass is 32.2. The maximum Gasteiger partial charge on any atom is 0.267 e. The van der Waals surface area contributed by atoms with E-state index in [0.29, 0.717) is 18.1 Å². The molecule has 37 heavy (non-hydrogen) atoms. The molecule has 2 aliphatic rings. The number of nitrogens with zero attached hydrogens (tertiary/aromatic N) is 3. The van der Waals surface area contributed by atoms with Crippen molar-refractivity contribution in [3.63, 3.8) is 0 Å². The van der Waals surface area contributed by atoms with Gasteiger partial charge in [-0.25, -0.2) is 4.99 Å². The molecule has 2 heterocycles. The monoisotopic (exact) mass is 509 g/mol. The molecule has 4 aromatic rings. The Kier molecular flexibility index (Phi) is 6.45. The molecule has 6 nitrogen and oxygen atoms in total. The molecular formula is C30H27N3O3S. The van der Waals surface area contributed by atoms with Gasteiger partial charge in [0.25, 0.3) is 5.91 Å². The zero-order chi connectivity index (χ0) is 25.2. The van der Waals surface area contributed by atoms with E-state index in [2.05, 4.69) is 22.9 Å². The Bertz CT molecular complexity index is 1490. The molecule has 2 fully saturated rings. The van der Waals surface area contributed by atoms with Crippen molar-refractivity contribution in [2.45, 2.75) is 25.4 Å². The van der Waals surface area contributed by atoms with Gasteiger partial charge in [-0.15, -0.1) is 0 Å². The number of benzene rings is 3. The van der Waals surface area contributed by atoms with E-state index in [9.17, 15) is 4.79 Å². The molecule has 6 rings (SSSR count). The van der Waals surface area contributed by atoms with Crippen molar-refractivity contribution in [1.29, 1.82) is 0 Å². The molecule has 0 radical (unpaired) electrons. The zero-order valence-electron chi connectivity index (χ0n) is 20.5. The second-order valence-corrected chi connectivity index (χ2v) is 10.1. The molecule has 0 N–H and O–H groups in total. The Morgan fingerprint density at radius 2 is 1.70 bits per heavy atom. The van der Waals surface area contributed by atoms with Gasteiger partial charge >= 0.3 is 0 Å². The first-order valence-corrected chi connectivity index (χ1v) is 13.2. The van der Waals surface area contributed by atoms with Gasteiger partial charge in [0.05, 0.1) is 24.2 Å². The summed E-state index contributed by atoms with van der Waals surface area (Å²) < 4.78 is 13.4. The van der Waals surface area contributed by atoms with Gasteiger partial charge in [0.1, 0.15) is 18.1 Å². The minimum Gasteiger partial charge on any atom is -0.497 e. The van der Waals surface area contributed by atoms with E-state index >= 15 is 0 Å². The Morgan fingerprint density at radius 1 is 0.973 bits per heavy atom. The highest BCUT2D eigenvalue weighted by molar-refractivity contribution is 8.18. The largest absolute Gasteiger partial charge is 0.497 e. The number of aromatic nitrogens is 1. The van der Waals surface area contributed by atoms with Gasteiger partial charge in [0.2, 0.25) is 0 Å². The van der Waals surface area contributed by atoms with Crippen LogP contribution in [-0.2, 0) is 11.3 Å². The van der Waals surface area contributed by atoms with Gasteiger partial charge in [-0.05, 0) is 73.1 Å². The predicted octanol–water partition coefficient (Wildman–Crippen LogP) is 6.50. The zero-order valence-corrected chi connectivity index (χ0v) is 21.4. The first kappa shape index (κ1) is 23.4. The fraction of sp³-hybridized carbons (Fsp3) is 0.200. The van der Waals surface area contributed by atoms with Crippen molar-refractivity contribution in [2.75, 3.05) is 13.7 Å². The number of fused-ring (bicyclic) bond motifs is 1. The summed E-state index contributed by atoms with van der Waals surface area (Å²) in [6.45, 7) is 1.21. The average molecular weight is 510 g/mol. The number of rotatable bonds is 8. The number of amidine groups is 1. The minimum absolute atomic E-state index is 0.0434. The summed E-state index contributed by atoms with van der Waals surface area (Å²) in [5, 5.41) is 1.88. The molecule has 1 aromatic heterocycles. The van der Waals surface area contributed by atoms with Crippen molar-refractivity contribution in [3.8, 4) is 11.5 Å². The number of carbonyl (C=O) groups excluding carboxylic acids is 1. The quantitative estimate of drug-likeness (QED) is 0.255. The number of carbonyl (C=O) groups is 1.